The lowest BCUT2D eigenvalue weighted by molar-refractivity contribution is 0.0397. The quantitative estimate of drug-likeness (QED) is 0.919. The maximum atomic E-state index is 5.53. The van der Waals surface area contributed by atoms with Gasteiger partial charge in [0.05, 0.1) is 17.3 Å². The molecule has 0 radical (unpaired) electrons. The molecular formula is C15H24N2OS. The molecule has 1 aromatic heterocycles. The molecule has 3 nitrogen and oxygen atoms in total. The molecule has 2 fully saturated rings. The van der Waals surface area contributed by atoms with Crippen LogP contribution in [0.2, 0.25) is 0 Å². The Morgan fingerprint density at radius 1 is 1.21 bits per heavy atom. The fourth-order valence-electron chi connectivity index (χ4n) is 3.04. The lowest BCUT2D eigenvalue weighted by Gasteiger charge is -2.39. The highest BCUT2D eigenvalue weighted by molar-refractivity contribution is 7.11. The zero-order valence-electron chi connectivity index (χ0n) is 12.2. The minimum atomic E-state index is 0.125. The van der Waals surface area contributed by atoms with Crippen LogP contribution in [0, 0.1) is 13.8 Å². The highest BCUT2D eigenvalue weighted by Crippen LogP contribution is 2.42. The number of hydrogen-bond donors (Lipinski definition) is 1. The summed E-state index contributed by atoms with van der Waals surface area (Å²) in [4.78, 5) is 6.21. The SMILES string of the molecule is COC1CCC(NC2CC2)(c2nc(C)c(C)s2)CC1. The van der Waals surface area contributed by atoms with E-state index in [9.17, 15) is 0 Å². The van der Waals surface area contributed by atoms with E-state index in [2.05, 4.69) is 19.2 Å². The van der Waals surface area contributed by atoms with Gasteiger partial charge in [-0.1, -0.05) is 0 Å². The fraction of sp³-hybridized carbons (Fsp3) is 0.800. The third-order valence-electron chi connectivity index (χ3n) is 4.62. The second kappa shape index (κ2) is 5.15. The lowest BCUT2D eigenvalue weighted by Crippen LogP contribution is -2.47. The van der Waals surface area contributed by atoms with Gasteiger partial charge in [0, 0.05) is 18.0 Å². The maximum Gasteiger partial charge on any atom is 0.113 e. The summed E-state index contributed by atoms with van der Waals surface area (Å²) in [5, 5.41) is 5.21. The van der Waals surface area contributed by atoms with E-state index < -0.39 is 0 Å². The van der Waals surface area contributed by atoms with Gasteiger partial charge in [-0.25, -0.2) is 4.98 Å². The predicted octanol–water partition coefficient (Wildman–Crippen LogP) is 3.30. The minimum Gasteiger partial charge on any atom is -0.381 e. The van der Waals surface area contributed by atoms with Crippen molar-refractivity contribution >= 4 is 11.3 Å². The summed E-state index contributed by atoms with van der Waals surface area (Å²) >= 11 is 1.88. The topological polar surface area (TPSA) is 34.1 Å². The van der Waals surface area contributed by atoms with Crippen LogP contribution in [0.25, 0.3) is 0 Å². The molecule has 0 aliphatic heterocycles. The standard InChI is InChI=1S/C15H24N2OS/c1-10-11(2)19-14(16-10)15(17-12-4-5-12)8-6-13(18-3)7-9-15/h12-13,17H,4-9H2,1-3H3. The molecule has 0 bridgehead atoms. The van der Waals surface area contributed by atoms with E-state index in [4.69, 9.17) is 9.72 Å². The third kappa shape index (κ3) is 2.71. The number of nitrogens with zero attached hydrogens (tertiary/aromatic N) is 1. The zero-order valence-corrected chi connectivity index (χ0v) is 13.0. The van der Waals surface area contributed by atoms with E-state index >= 15 is 0 Å². The summed E-state index contributed by atoms with van der Waals surface area (Å²) < 4.78 is 5.53. The number of methoxy groups -OCH3 is 1. The van der Waals surface area contributed by atoms with Crippen LogP contribution in [0.15, 0.2) is 0 Å². The number of aryl methyl sites for hydroxylation is 2. The predicted molar refractivity (Wildman–Crippen MR) is 78.7 cm³/mol. The van der Waals surface area contributed by atoms with Gasteiger partial charge in [-0.2, -0.15) is 0 Å². The first-order chi connectivity index (χ1) is 9.13. The number of ether oxygens (including phenoxy) is 1. The monoisotopic (exact) mass is 280 g/mol. The average Bonchev–Trinajstić information content (AvgIpc) is 3.16. The Kier molecular flexibility index (Phi) is 3.67. The van der Waals surface area contributed by atoms with E-state index in [1.807, 2.05) is 18.4 Å². The van der Waals surface area contributed by atoms with Crippen LogP contribution >= 0.6 is 11.3 Å². The first-order valence-electron chi connectivity index (χ1n) is 7.38. The molecule has 0 atom stereocenters. The fourth-order valence-corrected chi connectivity index (χ4v) is 4.16. The molecule has 3 rings (SSSR count). The summed E-state index contributed by atoms with van der Waals surface area (Å²) in [6, 6.07) is 0.726. The number of nitrogens with one attached hydrogen (secondary N) is 1. The van der Waals surface area contributed by atoms with E-state index in [1.165, 1.54) is 28.4 Å². The average molecular weight is 280 g/mol. The molecule has 19 heavy (non-hydrogen) atoms. The van der Waals surface area contributed by atoms with Gasteiger partial charge in [0.25, 0.3) is 0 Å². The highest BCUT2D eigenvalue weighted by atomic mass is 32.1. The Morgan fingerprint density at radius 2 is 1.89 bits per heavy atom. The van der Waals surface area contributed by atoms with Gasteiger partial charge in [-0.05, 0) is 52.4 Å². The van der Waals surface area contributed by atoms with Crippen molar-refractivity contribution in [1.82, 2.24) is 10.3 Å². The van der Waals surface area contributed by atoms with Gasteiger partial charge in [0.15, 0.2) is 0 Å². The van der Waals surface area contributed by atoms with Gasteiger partial charge < -0.3 is 10.1 Å². The number of hydrogen-bond acceptors (Lipinski definition) is 4. The molecule has 0 saturated heterocycles. The Morgan fingerprint density at radius 3 is 2.37 bits per heavy atom. The van der Waals surface area contributed by atoms with E-state index in [1.54, 1.807) is 0 Å². The molecule has 0 amide bonds. The Hall–Kier alpha value is -0.450. The molecule has 1 heterocycles. The second-order valence-corrected chi connectivity index (χ2v) is 7.30. The lowest BCUT2D eigenvalue weighted by atomic mass is 9.80. The van der Waals surface area contributed by atoms with Crippen molar-refractivity contribution in [3.05, 3.63) is 15.6 Å². The summed E-state index contributed by atoms with van der Waals surface area (Å²) in [6.45, 7) is 4.31. The molecule has 2 aliphatic rings. The number of aromatic nitrogens is 1. The van der Waals surface area contributed by atoms with Crippen molar-refractivity contribution in [2.24, 2.45) is 0 Å². The molecule has 106 valence electrons. The zero-order chi connectivity index (χ0) is 13.5. The summed E-state index contributed by atoms with van der Waals surface area (Å²) in [6.07, 6.45) is 7.72. The van der Waals surface area contributed by atoms with Crippen molar-refractivity contribution in [3.63, 3.8) is 0 Å². The largest absolute Gasteiger partial charge is 0.381 e. The number of thiazole rings is 1. The summed E-state index contributed by atoms with van der Waals surface area (Å²) in [5.41, 5.74) is 1.32. The smallest absolute Gasteiger partial charge is 0.113 e. The Bertz CT molecular complexity index is 425. The van der Waals surface area contributed by atoms with Crippen molar-refractivity contribution in [1.29, 1.82) is 0 Å². The van der Waals surface area contributed by atoms with Crippen LogP contribution in [-0.2, 0) is 10.3 Å². The molecule has 1 N–H and O–H groups in total. The van der Waals surface area contributed by atoms with Crippen LogP contribution in [0.5, 0.6) is 0 Å². The minimum absolute atomic E-state index is 0.125. The molecule has 1 aromatic rings. The van der Waals surface area contributed by atoms with Crippen LogP contribution in [0.4, 0.5) is 0 Å². The molecule has 4 heteroatoms. The van der Waals surface area contributed by atoms with Gasteiger partial charge in [-0.15, -0.1) is 11.3 Å². The molecule has 0 aromatic carbocycles. The van der Waals surface area contributed by atoms with Crippen LogP contribution in [0.3, 0.4) is 0 Å². The first kappa shape index (κ1) is 13.5. The van der Waals surface area contributed by atoms with Crippen LogP contribution in [-0.4, -0.2) is 24.2 Å². The summed E-state index contributed by atoms with van der Waals surface area (Å²) in [5.74, 6) is 0. The van der Waals surface area contributed by atoms with Gasteiger partial charge >= 0.3 is 0 Å². The highest BCUT2D eigenvalue weighted by Gasteiger charge is 2.42. The van der Waals surface area contributed by atoms with Crippen LogP contribution in [0.1, 0.15) is 54.1 Å². The normalized spacial score (nSPS) is 31.6. The van der Waals surface area contributed by atoms with Gasteiger partial charge in [-0.3, -0.25) is 0 Å². The molecule has 2 aliphatic carbocycles. The van der Waals surface area contributed by atoms with E-state index in [0.717, 1.165) is 31.7 Å². The Labute approximate surface area is 119 Å². The number of rotatable bonds is 4. The molecule has 2 saturated carbocycles. The van der Waals surface area contributed by atoms with E-state index in [0.29, 0.717) is 6.10 Å². The van der Waals surface area contributed by atoms with Crippen molar-refractivity contribution in [3.8, 4) is 0 Å². The van der Waals surface area contributed by atoms with Gasteiger partial charge in [0.2, 0.25) is 0 Å². The molecule has 0 unspecified atom stereocenters. The van der Waals surface area contributed by atoms with Gasteiger partial charge in [0.1, 0.15) is 5.01 Å². The first-order valence-corrected chi connectivity index (χ1v) is 8.19. The molecule has 0 spiro atoms. The Balaban J connectivity index is 1.84. The molecular weight excluding hydrogens is 256 g/mol. The van der Waals surface area contributed by atoms with Crippen LogP contribution < -0.4 is 5.32 Å². The summed E-state index contributed by atoms with van der Waals surface area (Å²) in [7, 11) is 1.84. The van der Waals surface area contributed by atoms with E-state index in [-0.39, 0.29) is 5.54 Å². The van der Waals surface area contributed by atoms with Crippen molar-refractivity contribution in [2.45, 2.75) is 70.1 Å². The second-order valence-electron chi connectivity index (χ2n) is 6.10. The third-order valence-corrected chi connectivity index (χ3v) is 5.89. The van der Waals surface area contributed by atoms with Crippen molar-refractivity contribution in [2.75, 3.05) is 7.11 Å². The maximum absolute atomic E-state index is 5.53. The van der Waals surface area contributed by atoms with Crippen molar-refractivity contribution < 1.29 is 4.74 Å².